The minimum atomic E-state index is -0.633. The summed E-state index contributed by atoms with van der Waals surface area (Å²) in [5.41, 5.74) is 1.87. The van der Waals surface area contributed by atoms with E-state index in [1.54, 1.807) is 13.0 Å². The van der Waals surface area contributed by atoms with Crippen molar-refractivity contribution in [1.29, 1.82) is 0 Å². The zero-order valence-electron chi connectivity index (χ0n) is 16.9. The Morgan fingerprint density at radius 1 is 1.33 bits per heavy atom. The maximum absolute atomic E-state index is 12.2. The molecule has 0 aliphatic carbocycles. The third kappa shape index (κ3) is 5.57. The van der Waals surface area contributed by atoms with Crippen molar-refractivity contribution >= 4 is 16.9 Å². The van der Waals surface area contributed by atoms with E-state index in [1.165, 1.54) is 0 Å². The van der Waals surface area contributed by atoms with Gasteiger partial charge in [-0.2, -0.15) is 0 Å². The number of nitrogens with one attached hydrogen (secondary N) is 1. The number of fused-ring (bicyclic) bond motifs is 1. The van der Waals surface area contributed by atoms with E-state index >= 15 is 0 Å². The molecule has 1 N–H and O–H groups in total. The van der Waals surface area contributed by atoms with E-state index in [0.717, 1.165) is 42.3 Å². The Balaban J connectivity index is 2.13. The maximum atomic E-state index is 12.2. The van der Waals surface area contributed by atoms with Gasteiger partial charge >= 0.3 is 5.63 Å². The zero-order chi connectivity index (χ0) is 20.0. The van der Waals surface area contributed by atoms with Crippen LogP contribution in [0.2, 0.25) is 0 Å². The van der Waals surface area contributed by atoms with Crippen molar-refractivity contribution < 1.29 is 13.9 Å². The van der Waals surface area contributed by atoms with Crippen molar-refractivity contribution in [2.45, 2.75) is 46.1 Å². The molecular weight excluding hydrogens is 344 g/mol. The maximum Gasteiger partial charge on any atom is 0.336 e. The van der Waals surface area contributed by atoms with E-state index in [2.05, 4.69) is 17.1 Å². The SMILES string of the molecule is CCCc1cc(=O)oc2c(C)c(OC(C)C(=O)NCCCN(C)C)ccc12. The van der Waals surface area contributed by atoms with Crippen LogP contribution in [0.1, 0.15) is 37.8 Å². The second kappa shape index (κ2) is 9.55. The fraction of sp³-hybridized carbons (Fsp3) is 0.524. The highest BCUT2D eigenvalue weighted by molar-refractivity contribution is 5.85. The number of hydrogen-bond donors (Lipinski definition) is 1. The summed E-state index contributed by atoms with van der Waals surface area (Å²) in [6.45, 7) is 7.16. The molecule has 6 nitrogen and oxygen atoms in total. The van der Waals surface area contributed by atoms with Crippen LogP contribution in [0.25, 0.3) is 11.0 Å². The summed E-state index contributed by atoms with van der Waals surface area (Å²) in [4.78, 5) is 26.2. The summed E-state index contributed by atoms with van der Waals surface area (Å²) >= 11 is 0. The van der Waals surface area contributed by atoms with Gasteiger partial charge in [-0.05, 0) is 65.0 Å². The number of ether oxygens (including phenoxy) is 1. The average Bonchev–Trinajstić information content (AvgIpc) is 2.61. The van der Waals surface area contributed by atoms with Gasteiger partial charge in [0.2, 0.25) is 0 Å². The molecule has 27 heavy (non-hydrogen) atoms. The van der Waals surface area contributed by atoms with Crippen molar-refractivity contribution in [3.05, 3.63) is 39.7 Å². The van der Waals surface area contributed by atoms with Crippen molar-refractivity contribution in [3.8, 4) is 5.75 Å². The molecule has 148 valence electrons. The first kappa shape index (κ1) is 21.0. The molecule has 1 heterocycles. The lowest BCUT2D eigenvalue weighted by molar-refractivity contribution is -0.127. The fourth-order valence-electron chi connectivity index (χ4n) is 3.01. The smallest absolute Gasteiger partial charge is 0.336 e. The molecule has 6 heteroatoms. The van der Waals surface area contributed by atoms with Gasteiger partial charge in [0, 0.05) is 23.6 Å². The molecular formula is C21H30N2O4. The van der Waals surface area contributed by atoms with Crippen LogP contribution in [0.3, 0.4) is 0 Å². The van der Waals surface area contributed by atoms with Gasteiger partial charge < -0.3 is 19.4 Å². The molecule has 0 fully saturated rings. The van der Waals surface area contributed by atoms with Crippen LogP contribution in [0.4, 0.5) is 0 Å². The molecule has 2 aromatic rings. The summed E-state index contributed by atoms with van der Waals surface area (Å²) < 4.78 is 11.3. The number of benzene rings is 1. The molecule has 0 aliphatic heterocycles. The molecule has 0 aliphatic rings. The molecule has 0 bridgehead atoms. The molecule has 1 amide bonds. The quantitative estimate of drug-likeness (QED) is 0.540. The molecule has 1 unspecified atom stereocenters. The third-order valence-corrected chi connectivity index (χ3v) is 4.47. The van der Waals surface area contributed by atoms with Crippen molar-refractivity contribution in [3.63, 3.8) is 0 Å². The second-order valence-electron chi connectivity index (χ2n) is 7.11. The number of aryl methyl sites for hydroxylation is 2. The van der Waals surface area contributed by atoms with Gasteiger partial charge in [0.05, 0.1) is 0 Å². The van der Waals surface area contributed by atoms with Crippen LogP contribution in [-0.4, -0.2) is 44.1 Å². The Kier molecular flexibility index (Phi) is 7.42. The summed E-state index contributed by atoms with van der Waals surface area (Å²) in [5, 5.41) is 3.80. The number of amides is 1. The van der Waals surface area contributed by atoms with Gasteiger partial charge in [-0.1, -0.05) is 13.3 Å². The van der Waals surface area contributed by atoms with E-state index in [0.29, 0.717) is 17.9 Å². The number of nitrogens with zero attached hydrogens (tertiary/aromatic N) is 1. The van der Waals surface area contributed by atoms with Gasteiger partial charge in [-0.25, -0.2) is 4.79 Å². The van der Waals surface area contributed by atoms with Crippen LogP contribution < -0.4 is 15.7 Å². The Morgan fingerprint density at radius 3 is 2.74 bits per heavy atom. The fourth-order valence-corrected chi connectivity index (χ4v) is 3.01. The van der Waals surface area contributed by atoms with Gasteiger partial charge in [-0.15, -0.1) is 0 Å². The number of hydrogen-bond acceptors (Lipinski definition) is 5. The molecule has 0 radical (unpaired) electrons. The van der Waals surface area contributed by atoms with Crippen molar-refractivity contribution in [2.24, 2.45) is 0 Å². The van der Waals surface area contributed by atoms with E-state index in [9.17, 15) is 9.59 Å². The van der Waals surface area contributed by atoms with Gasteiger partial charge in [0.15, 0.2) is 6.10 Å². The van der Waals surface area contributed by atoms with Gasteiger partial charge in [-0.3, -0.25) is 4.79 Å². The average molecular weight is 374 g/mol. The summed E-state index contributed by atoms with van der Waals surface area (Å²) in [6, 6.07) is 5.29. The Labute approximate surface area is 160 Å². The first-order chi connectivity index (χ1) is 12.8. The normalized spacial score (nSPS) is 12.4. The molecule has 0 spiro atoms. The van der Waals surface area contributed by atoms with Crippen LogP contribution in [0.15, 0.2) is 27.4 Å². The van der Waals surface area contributed by atoms with Crippen molar-refractivity contribution in [2.75, 3.05) is 27.2 Å². The lowest BCUT2D eigenvalue weighted by atomic mass is 10.0. The predicted molar refractivity (Wildman–Crippen MR) is 107 cm³/mol. The van der Waals surface area contributed by atoms with Crippen molar-refractivity contribution in [1.82, 2.24) is 10.2 Å². The monoisotopic (exact) mass is 374 g/mol. The summed E-state index contributed by atoms with van der Waals surface area (Å²) in [6.07, 6.45) is 2.01. The molecule has 1 aromatic heterocycles. The lowest BCUT2D eigenvalue weighted by Gasteiger charge is -2.17. The molecule has 1 aromatic carbocycles. The minimum Gasteiger partial charge on any atom is -0.480 e. The van der Waals surface area contributed by atoms with Crippen LogP contribution in [-0.2, 0) is 11.2 Å². The highest BCUT2D eigenvalue weighted by atomic mass is 16.5. The van der Waals surface area contributed by atoms with Crippen LogP contribution in [0.5, 0.6) is 5.75 Å². The third-order valence-electron chi connectivity index (χ3n) is 4.47. The first-order valence-electron chi connectivity index (χ1n) is 9.49. The molecule has 1 atom stereocenters. The Hall–Kier alpha value is -2.34. The minimum absolute atomic E-state index is 0.158. The highest BCUT2D eigenvalue weighted by Gasteiger charge is 2.17. The number of carbonyl (C=O) groups is 1. The van der Waals surface area contributed by atoms with E-state index in [-0.39, 0.29) is 11.5 Å². The van der Waals surface area contributed by atoms with E-state index in [4.69, 9.17) is 9.15 Å². The summed E-state index contributed by atoms with van der Waals surface area (Å²) in [5.74, 6) is 0.393. The summed E-state index contributed by atoms with van der Waals surface area (Å²) in [7, 11) is 4.00. The standard InChI is InChI=1S/C21H30N2O4/c1-6-8-16-13-19(24)27-20-14(2)18(10-9-17(16)20)26-15(3)21(25)22-11-7-12-23(4)5/h9-10,13,15H,6-8,11-12H2,1-5H3,(H,22,25). The Bertz CT molecular complexity index is 842. The lowest BCUT2D eigenvalue weighted by Crippen LogP contribution is -2.37. The second-order valence-corrected chi connectivity index (χ2v) is 7.11. The molecule has 0 saturated heterocycles. The highest BCUT2D eigenvalue weighted by Crippen LogP contribution is 2.29. The van der Waals surface area contributed by atoms with E-state index in [1.807, 2.05) is 33.2 Å². The van der Waals surface area contributed by atoms with Gasteiger partial charge in [0.25, 0.3) is 5.91 Å². The molecule has 0 saturated carbocycles. The Morgan fingerprint density at radius 2 is 2.07 bits per heavy atom. The molecule has 2 rings (SSSR count). The van der Waals surface area contributed by atoms with Crippen LogP contribution in [0, 0.1) is 6.92 Å². The van der Waals surface area contributed by atoms with E-state index < -0.39 is 6.10 Å². The predicted octanol–water partition coefficient (Wildman–Crippen LogP) is 2.89. The first-order valence-corrected chi connectivity index (χ1v) is 9.49. The topological polar surface area (TPSA) is 71.8 Å². The number of rotatable bonds is 9. The zero-order valence-corrected chi connectivity index (χ0v) is 16.9. The van der Waals surface area contributed by atoms with Crippen LogP contribution >= 0.6 is 0 Å². The largest absolute Gasteiger partial charge is 0.480 e. The number of carbonyl (C=O) groups excluding carboxylic acids is 1. The van der Waals surface area contributed by atoms with Gasteiger partial charge in [0.1, 0.15) is 11.3 Å².